The summed E-state index contributed by atoms with van der Waals surface area (Å²) in [7, 11) is 3.33. The molecule has 0 saturated carbocycles. The van der Waals surface area contributed by atoms with Crippen LogP contribution in [0.1, 0.15) is 15.9 Å². The van der Waals surface area contributed by atoms with Crippen LogP contribution in [0, 0.1) is 0 Å². The van der Waals surface area contributed by atoms with Gasteiger partial charge in [-0.15, -0.1) is 0 Å². The fourth-order valence-electron chi connectivity index (χ4n) is 1.83. The summed E-state index contributed by atoms with van der Waals surface area (Å²) in [6.07, 6.45) is 2.22. The number of hydrogen-bond acceptors (Lipinski definition) is 4. The normalized spacial score (nSPS) is 10.3. The minimum Gasteiger partial charge on any atom is -0.497 e. The Morgan fingerprint density at radius 3 is 2.65 bits per heavy atom. The summed E-state index contributed by atoms with van der Waals surface area (Å²) in [5.74, 6) is 0.983. The van der Waals surface area contributed by atoms with Crippen molar-refractivity contribution in [3.05, 3.63) is 41.6 Å². The molecule has 20 heavy (non-hydrogen) atoms. The van der Waals surface area contributed by atoms with E-state index in [2.05, 4.69) is 10.4 Å². The Hall–Kier alpha value is -2.50. The first kappa shape index (κ1) is 13.9. The van der Waals surface area contributed by atoms with Crippen LogP contribution in [0.4, 0.5) is 5.82 Å². The van der Waals surface area contributed by atoms with Crippen LogP contribution in [0.5, 0.6) is 5.75 Å². The summed E-state index contributed by atoms with van der Waals surface area (Å²) in [4.78, 5) is 11.9. The molecule has 0 bridgehead atoms. The maximum atomic E-state index is 11.9. The van der Waals surface area contributed by atoms with Crippen LogP contribution < -0.4 is 15.8 Å². The standard InChI is InChI=1S/C14H18N4O2/c1-18-13(15)12(9-17-18)14(19)16-8-7-10-3-5-11(20-2)6-4-10/h3-6,9H,7-8,15H2,1-2H3,(H,16,19). The summed E-state index contributed by atoms with van der Waals surface area (Å²) in [5.41, 5.74) is 7.28. The van der Waals surface area contributed by atoms with Gasteiger partial charge in [-0.25, -0.2) is 0 Å². The first-order chi connectivity index (χ1) is 9.61. The number of rotatable bonds is 5. The minimum atomic E-state index is -0.205. The highest BCUT2D eigenvalue weighted by molar-refractivity contribution is 5.98. The zero-order valence-corrected chi connectivity index (χ0v) is 11.6. The second-order valence-electron chi connectivity index (χ2n) is 4.42. The molecule has 6 heteroatoms. The van der Waals surface area contributed by atoms with Crippen LogP contribution in [0.25, 0.3) is 0 Å². The van der Waals surface area contributed by atoms with Gasteiger partial charge in [0.1, 0.15) is 17.1 Å². The molecule has 0 fully saturated rings. The Morgan fingerprint density at radius 2 is 2.10 bits per heavy atom. The first-order valence-corrected chi connectivity index (χ1v) is 6.30. The number of aromatic nitrogens is 2. The molecule has 0 aliphatic heterocycles. The van der Waals surface area contributed by atoms with E-state index in [1.165, 1.54) is 10.9 Å². The molecule has 1 aromatic carbocycles. The summed E-state index contributed by atoms with van der Waals surface area (Å²) in [6, 6.07) is 7.75. The lowest BCUT2D eigenvalue weighted by atomic mass is 10.1. The molecule has 106 valence electrons. The molecule has 0 spiro atoms. The van der Waals surface area contributed by atoms with Crippen molar-refractivity contribution >= 4 is 11.7 Å². The van der Waals surface area contributed by atoms with E-state index >= 15 is 0 Å². The van der Waals surface area contributed by atoms with E-state index in [4.69, 9.17) is 10.5 Å². The van der Waals surface area contributed by atoms with Crippen molar-refractivity contribution in [1.82, 2.24) is 15.1 Å². The van der Waals surface area contributed by atoms with E-state index in [0.717, 1.165) is 17.7 Å². The topological polar surface area (TPSA) is 82.2 Å². The van der Waals surface area contributed by atoms with Crippen LogP contribution in [0.2, 0.25) is 0 Å². The molecule has 1 heterocycles. The van der Waals surface area contributed by atoms with Gasteiger partial charge in [0.2, 0.25) is 0 Å². The summed E-state index contributed by atoms with van der Waals surface area (Å²) in [6.45, 7) is 0.541. The third-order valence-corrected chi connectivity index (χ3v) is 3.09. The Bertz CT molecular complexity index is 590. The number of nitrogen functional groups attached to an aromatic ring is 1. The Kier molecular flexibility index (Phi) is 4.24. The largest absolute Gasteiger partial charge is 0.497 e. The predicted molar refractivity (Wildman–Crippen MR) is 76.7 cm³/mol. The molecule has 2 aromatic rings. The van der Waals surface area contributed by atoms with Gasteiger partial charge >= 0.3 is 0 Å². The van der Waals surface area contributed by atoms with Crippen molar-refractivity contribution in [3.63, 3.8) is 0 Å². The molecule has 0 aliphatic rings. The van der Waals surface area contributed by atoms with Gasteiger partial charge in [0, 0.05) is 13.6 Å². The van der Waals surface area contributed by atoms with Gasteiger partial charge in [0.25, 0.3) is 5.91 Å². The minimum absolute atomic E-state index is 0.205. The number of aryl methyl sites for hydroxylation is 1. The number of hydrogen-bond donors (Lipinski definition) is 2. The van der Waals surface area contributed by atoms with E-state index in [0.29, 0.717) is 17.9 Å². The summed E-state index contributed by atoms with van der Waals surface area (Å²) in [5, 5.41) is 6.77. The second-order valence-corrected chi connectivity index (χ2v) is 4.42. The molecule has 0 atom stereocenters. The zero-order chi connectivity index (χ0) is 14.5. The van der Waals surface area contributed by atoms with Crippen molar-refractivity contribution < 1.29 is 9.53 Å². The first-order valence-electron chi connectivity index (χ1n) is 6.30. The van der Waals surface area contributed by atoms with E-state index in [1.807, 2.05) is 24.3 Å². The maximum absolute atomic E-state index is 11.9. The number of methoxy groups -OCH3 is 1. The third kappa shape index (κ3) is 3.09. The molecule has 0 aliphatic carbocycles. The van der Waals surface area contributed by atoms with Gasteiger partial charge in [-0.1, -0.05) is 12.1 Å². The van der Waals surface area contributed by atoms with Crippen molar-refractivity contribution in [1.29, 1.82) is 0 Å². The quantitative estimate of drug-likeness (QED) is 0.851. The summed E-state index contributed by atoms with van der Waals surface area (Å²) >= 11 is 0. The van der Waals surface area contributed by atoms with Crippen molar-refractivity contribution in [2.45, 2.75) is 6.42 Å². The fourth-order valence-corrected chi connectivity index (χ4v) is 1.83. The van der Waals surface area contributed by atoms with Crippen molar-refractivity contribution in [3.8, 4) is 5.75 Å². The van der Waals surface area contributed by atoms with Gasteiger partial charge in [0.05, 0.1) is 13.3 Å². The zero-order valence-electron chi connectivity index (χ0n) is 11.6. The molecule has 1 aromatic heterocycles. The Labute approximate surface area is 117 Å². The van der Waals surface area contributed by atoms with E-state index in [9.17, 15) is 4.79 Å². The van der Waals surface area contributed by atoms with Crippen LogP contribution >= 0.6 is 0 Å². The molecular formula is C14H18N4O2. The van der Waals surface area contributed by atoms with Crippen molar-refractivity contribution in [2.24, 2.45) is 7.05 Å². The molecule has 0 saturated heterocycles. The van der Waals surface area contributed by atoms with E-state index in [1.54, 1.807) is 14.2 Å². The lowest BCUT2D eigenvalue weighted by Crippen LogP contribution is -2.26. The average molecular weight is 274 g/mol. The monoisotopic (exact) mass is 274 g/mol. The van der Waals surface area contributed by atoms with Crippen LogP contribution in [0.3, 0.4) is 0 Å². The highest BCUT2D eigenvalue weighted by Gasteiger charge is 2.12. The number of carbonyl (C=O) groups excluding carboxylic acids is 1. The number of amides is 1. The number of carbonyl (C=O) groups is 1. The SMILES string of the molecule is COc1ccc(CCNC(=O)c2cnn(C)c2N)cc1. The second kappa shape index (κ2) is 6.10. The van der Waals surface area contributed by atoms with E-state index in [-0.39, 0.29) is 5.91 Å². The third-order valence-electron chi connectivity index (χ3n) is 3.09. The number of ether oxygens (including phenoxy) is 1. The molecule has 0 unspecified atom stereocenters. The van der Waals surface area contributed by atoms with Gasteiger partial charge in [-0.05, 0) is 24.1 Å². The Balaban J connectivity index is 1.86. The predicted octanol–water partition coefficient (Wildman–Crippen LogP) is 0.983. The smallest absolute Gasteiger partial charge is 0.256 e. The lowest BCUT2D eigenvalue weighted by Gasteiger charge is -2.06. The highest BCUT2D eigenvalue weighted by Crippen LogP contribution is 2.12. The number of anilines is 1. The molecule has 6 nitrogen and oxygen atoms in total. The van der Waals surface area contributed by atoms with Crippen LogP contribution in [-0.4, -0.2) is 29.3 Å². The molecule has 1 amide bonds. The molecule has 3 N–H and O–H groups in total. The molecule has 0 radical (unpaired) electrons. The van der Waals surface area contributed by atoms with Gasteiger partial charge < -0.3 is 15.8 Å². The number of nitrogens with zero attached hydrogens (tertiary/aromatic N) is 2. The maximum Gasteiger partial charge on any atom is 0.256 e. The van der Waals surface area contributed by atoms with E-state index < -0.39 is 0 Å². The average Bonchev–Trinajstić information content (AvgIpc) is 2.80. The fraction of sp³-hybridized carbons (Fsp3) is 0.286. The summed E-state index contributed by atoms with van der Waals surface area (Å²) < 4.78 is 6.56. The number of nitrogens with one attached hydrogen (secondary N) is 1. The van der Waals surface area contributed by atoms with Gasteiger partial charge in [-0.3, -0.25) is 9.48 Å². The lowest BCUT2D eigenvalue weighted by molar-refractivity contribution is 0.0955. The van der Waals surface area contributed by atoms with Crippen LogP contribution in [0.15, 0.2) is 30.5 Å². The molecular weight excluding hydrogens is 256 g/mol. The number of benzene rings is 1. The van der Waals surface area contributed by atoms with Crippen LogP contribution in [-0.2, 0) is 13.5 Å². The van der Waals surface area contributed by atoms with Crippen molar-refractivity contribution in [2.75, 3.05) is 19.4 Å². The van der Waals surface area contributed by atoms with Gasteiger partial charge in [-0.2, -0.15) is 5.10 Å². The number of nitrogens with two attached hydrogens (primary N) is 1. The van der Waals surface area contributed by atoms with Gasteiger partial charge in [0.15, 0.2) is 0 Å². The molecule has 2 rings (SSSR count). The highest BCUT2D eigenvalue weighted by atomic mass is 16.5. The Morgan fingerprint density at radius 1 is 1.40 bits per heavy atom.